The van der Waals surface area contributed by atoms with Crippen LogP contribution in [0.4, 0.5) is 0 Å². The third kappa shape index (κ3) is 4.78. The Morgan fingerprint density at radius 1 is 1.16 bits per heavy atom. The molecular weight excluding hydrogens is 424 g/mol. The molecular formula is C20H32N4O6S. The summed E-state index contributed by atoms with van der Waals surface area (Å²) in [6.07, 6.45) is 0.799. The predicted octanol–water partition coefficient (Wildman–Crippen LogP) is 0.964. The predicted molar refractivity (Wildman–Crippen MR) is 111 cm³/mol. The van der Waals surface area contributed by atoms with E-state index < -0.39 is 21.6 Å². The van der Waals surface area contributed by atoms with Crippen LogP contribution >= 0.6 is 0 Å². The average Bonchev–Trinajstić information content (AvgIpc) is 3.06. The molecule has 0 bridgehead atoms. The molecule has 0 atom stereocenters. The number of aromatic nitrogens is 1. The number of nitrogens with two attached hydrogens (primary N) is 1. The number of hydrogen-bond acceptors (Lipinski definition) is 8. The van der Waals surface area contributed by atoms with Crippen molar-refractivity contribution >= 4 is 21.9 Å². The van der Waals surface area contributed by atoms with E-state index in [-0.39, 0.29) is 41.0 Å². The van der Waals surface area contributed by atoms with E-state index in [9.17, 15) is 18.0 Å². The Kier molecular flexibility index (Phi) is 6.78. The van der Waals surface area contributed by atoms with Crippen LogP contribution in [0.15, 0.2) is 9.42 Å². The van der Waals surface area contributed by atoms with Crippen molar-refractivity contribution in [3.05, 3.63) is 11.5 Å². The summed E-state index contributed by atoms with van der Waals surface area (Å²) in [6, 6.07) is 0.444. The minimum Gasteiger partial charge on any atom is -0.367 e. The first kappa shape index (κ1) is 23.7. The number of carbonyl (C=O) groups is 2. The second kappa shape index (κ2) is 8.87. The van der Waals surface area contributed by atoms with Crippen LogP contribution in [-0.2, 0) is 23.9 Å². The highest BCUT2D eigenvalue weighted by atomic mass is 32.2. The number of rotatable bonds is 6. The zero-order chi connectivity index (χ0) is 23.0. The van der Waals surface area contributed by atoms with Gasteiger partial charge in [0, 0.05) is 38.1 Å². The van der Waals surface area contributed by atoms with Crippen LogP contribution in [0.3, 0.4) is 0 Å². The van der Waals surface area contributed by atoms with Crippen LogP contribution < -0.4 is 5.73 Å². The lowest BCUT2D eigenvalue weighted by molar-refractivity contribution is -0.145. The van der Waals surface area contributed by atoms with E-state index in [1.807, 2.05) is 4.90 Å². The molecule has 0 aromatic carbocycles. The fourth-order valence-electron chi connectivity index (χ4n) is 4.50. The summed E-state index contributed by atoms with van der Waals surface area (Å²) in [7, 11) is -4.31. The molecule has 31 heavy (non-hydrogen) atoms. The van der Waals surface area contributed by atoms with Gasteiger partial charge in [0.05, 0.1) is 0 Å². The summed E-state index contributed by atoms with van der Waals surface area (Å²) in [5, 5.41) is 3.64. The van der Waals surface area contributed by atoms with Gasteiger partial charge < -0.3 is 15.2 Å². The van der Waals surface area contributed by atoms with Gasteiger partial charge in [-0.3, -0.25) is 14.5 Å². The Hall–Kier alpha value is -1.98. The highest BCUT2D eigenvalue weighted by Crippen LogP contribution is 2.39. The molecule has 1 aromatic heterocycles. The smallest absolute Gasteiger partial charge is 0.303 e. The lowest BCUT2D eigenvalue weighted by atomic mass is 9.78. The van der Waals surface area contributed by atoms with Gasteiger partial charge in [0.25, 0.3) is 5.91 Å². The van der Waals surface area contributed by atoms with E-state index in [0.717, 1.165) is 13.1 Å². The van der Waals surface area contributed by atoms with Crippen LogP contribution in [0.25, 0.3) is 0 Å². The maximum atomic E-state index is 13.0. The minimum absolute atomic E-state index is 0.0510. The number of piperazine rings is 1. The SMILES string of the molecule is Cc1noc(C)c1S(=O)(=O)OC1(C(N)=O)CCC(C(=O)N2CCN(C(C)C)CC2)CC1. The first-order valence-corrected chi connectivity index (χ1v) is 12.1. The van der Waals surface area contributed by atoms with Gasteiger partial charge in [0.15, 0.2) is 16.3 Å². The lowest BCUT2D eigenvalue weighted by Gasteiger charge is -2.41. The van der Waals surface area contributed by atoms with Crippen LogP contribution in [0, 0.1) is 19.8 Å². The number of nitrogens with zero attached hydrogens (tertiary/aromatic N) is 3. The first-order chi connectivity index (χ1) is 14.5. The van der Waals surface area contributed by atoms with Crippen molar-refractivity contribution in [2.75, 3.05) is 26.2 Å². The molecule has 0 spiro atoms. The van der Waals surface area contributed by atoms with Crippen LogP contribution in [0.5, 0.6) is 0 Å². The minimum atomic E-state index is -4.31. The standard InChI is InChI=1S/C20H32N4O6S/c1-13(2)23-9-11-24(12-10-23)18(25)16-5-7-20(8-6-16,19(21)26)30-31(27,28)17-14(3)22-29-15(17)4/h13,16H,5-12H2,1-4H3,(H2,21,26). The number of carbonyl (C=O) groups excluding carboxylic acids is 2. The van der Waals surface area contributed by atoms with Gasteiger partial charge in [-0.25, -0.2) is 4.18 Å². The maximum Gasteiger partial charge on any atom is 0.303 e. The van der Waals surface area contributed by atoms with Gasteiger partial charge in [0.2, 0.25) is 5.91 Å². The molecule has 0 radical (unpaired) electrons. The van der Waals surface area contributed by atoms with Gasteiger partial charge >= 0.3 is 10.1 Å². The van der Waals surface area contributed by atoms with Crippen molar-refractivity contribution in [2.24, 2.45) is 11.7 Å². The Morgan fingerprint density at radius 2 is 1.74 bits per heavy atom. The number of hydrogen-bond donors (Lipinski definition) is 1. The van der Waals surface area contributed by atoms with Gasteiger partial charge in [-0.1, -0.05) is 5.16 Å². The van der Waals surface area contributed by atoms with Gasteiger partial charge in [0.1, 0.15) is 5.69 Å². The van der Waals surface area contributed by atoms with Crippen molar-refractivity contribution in [1.82, 2.24) is 15.0 Å². The van der Waals surface area contributed by atoms with E-state index in [1.165, 1.54) is 13.8 Å². The number of aryl methyl sites for hydroxylation is 2. The van der Waals surface area contributed by atoms with Crippen molar-refractivity contribution < 1.29 is 26.7 Å². The van der Waals surface area contributed by atoms with Gasteiger partial charge in [-0.05, 0) is 53.4 Å². The molecule has 1 aromatic rings. The van der Waals surface area contributed by atoms with Crippen molar-refractivity contribution in [3.8, 4) is 0 Å². The Morgan fingerprint density at radius 3 is 2.19 bits per heavy atom. The van der Waals surface area contributed by atoms with Crippen LogP contribution in [0.1, 0.15) is 51.0 Å². The van der Waals surface area contributed by atoms with Gasteiger partial charge in [-0.15, -0.1) is 0 Å². The molecule has 3 rings (SSSR count). The maximum absolute atomic E-state index is 13.0. The first-order valence-electron chi connectivity index (χ1n) is 10.7. The third-order valence-electron chi connectivity index (χ3n) is 6.43. The lowest BCUT2D eigenvalue weighted by Crippen LogP contribution is -2.54. The summed E-state index contributed by atoms with van der Waals surface area (Å²) >= 11 is 0. The summed E-state index contributed by atoms with van der Waals surface area (Å²) in [5.74, 6) is -0.987. The fourth-order valence-corrected chi connectivity index (χ4v) is 6.04. The zero-order valence-electron chi connectivity index (χ0n) is 18.6. The Bertz CT molecular complexity index is 906. The van der Waals surface area contributed by atoms with Gasteiger partial charge in [-0.2, -0.15) is 8.42 Å². The Balaban J connectivity index is 1.67. The van der Waals surface area contributed by atoms with Crippen molar-refractivity contribution in [1.29, 1.82) is 0 Å². The second-order valence-corrected chi connectivity index (χ2v) is 10.3. The molecule has 1 saturated carbocycles. The zero-order valence-corrected chi connectivity index (χ0v) is 19.4. The molecule has 2 fully saturated rings. The summed E-state index contributed by atoms with van der Waals surface area (Å²) in [5.41, 5.74) is 4.05. The molecule has 1 saturated heterocycles. The summed E-state index contributed by atoms with van der Waals surface area (Å²) in [4.78, 5) is 29.3. The largest absolute Gasteiger partial charge is 0.367 e. The Labute approximate surface area is 183 Å². The van der Waals surface area contributed by atoms with E-state index in [1.54, 1.807) is 0 Å². The molecule has 2 aliphatic rings. The van der Waals surface area contributed by atoms with E-state index in [4.69, 9.17) is 14.4 Å². The van der Waals surface area contributed by atoms with E-state index in [2.05, 4.69) is 23.9 Å². The highest BCUT2D eigenvalue weighted by Gasteiger charge is 2.48. The molecule has 2 N–H and O–H groups in total. The number of primary amides is 1. The molecule has 1 aliphatic heterocycles. The van der Waals surface area contributed by atoms with E-state index >= 15 is 0 Å². The third-order valence-corrected chi connectivity index (χ3v) is 8.06. The average molecular weight is 457 g/mol. The second-order valence-electron chi connectivity index (χ2n) is 8.78. The molecule has 10 nitrogen and oxygen atoms in total. The molecule has 174 valence electrons. The molecule has 2 amide bonds. The van der Waals surface area contributed by atoms with Crippen molar-refractivity contribution in [3.63, 3.8) is 0 Å². The molecule has 2 heterocycles. The summed E-state index contributed by atoms with van der Waals surface area (Å²) in [6.45, 7) is 10.2. The topological polar surface area (TPSA) is 136 Å². The monoisotopic (exact) mass is 456 g/mol. The normalized spacial score (nSPS) is 25.7. The van der Waals surface area contributed by atoms with Crippen molar-refractivity contribution in [2.45, 2.75) is 69.9 Å². The van der Waals surface area contributed by atoms with Crippen LogP contribution in [-0.4, -0.2) is 73.0 Å². The van der Waals surface area contributed by atoms with Crippen LogP contribution in [0.2, 0.25) is 0 Å². The highest BCUT2D eigenvalue weighted by molar-refractivity contribution is 7.87. The molecule has 11 heteroatoms. The molecule has 1 aliphatic carbocycles. The molecule has 0 unspecified atom stereocenters. The van der Waals surface area contributed by atoms with E-state index in [0.29, 0.717) is 32.0 Å². The quantitative estimate of drug-likeness (QED) is 0.625. The summed E-state index contributed by atoms with van der Waals surface area (Å²) < 4.78 is 36.0. The number of amides is 2. The fraction of sp³-hybridized carbons (Fsp3) is 0.750.